The summed E-state index contributed by atoms with van der Waals surface area (Å²) in [5.41, 5.74) is -0.683. The minimum Gasteiger partial charge on any atom is -0.199 e. The third-order valence-corrected chi connectivity index (χ3v) is 2.00. The average molecular weight is 218 g/mol. The molecule has 0 heterocycles. The van der Waals surface area contributed by atoms with Crippen LogP contribution in [-0.2, 0) is 5.92 Å². The van der Waals surface area contributed by atoms with Crippen LogP contribution in [0.5, 0.6) is 0 Å². The highest BCUT2D eigenvalue weighted by molar-refractivity contribution is 5.22. The molecule has 0 aliphatic carbocycles. The Bertz CT molecular complexity index is 330. The van der Waals surface area contributed by atoms with Gasteiger partial charge in [-0.2, -0.15) is 17.6 Å². The molecule has 0 spiro atoms. The van der Waals surface area contributed by atoms with Crippen molar-refractivity contribution < 1.29 is 17.6 Å². The fraction of sp³-hybridized carbons (Fsp3) is 0.273. The summed E-state index contributed by atoms with van der Waals surface area (Å²) >= 11 is 0. The summed E-state index contributed by atoms with van der Waals surface area (Å²) in [5, 5.41) is 0. The van der Waals surface area contributed by atoms with E-state index in [-0.39, 0.29) is 0 Å². The van der Waals surface area contributed by atoms with E-state index in [2.05, 4.69) is 6.58 Å². The number of hydrogen-bond acceptors (Lipinski definition) is 0. The van der Waals surface area contributed by atoms with E-state index in [1.807, 2.05) is 0 Å². The summed E-state index contributed by atoms with van der Waals surface area (Å²) in [6.45, 7) is 3.04. The Kier molecular flexibility index (Phi) is 3.17. The van der Waals surface area contributed by atoms with Crippen molar-refractivity contribution in [3.63, 3.8) is 0 Å². The summed E-state index contributed by atoms with van der Waals surface area (Å²) in [7, 11) is 0. The molecule has 0 unspecified atom stereocenters. The van der Waals surface area contributed by atoms with Crippen molar-refractivity contribution in [2.45, 2.75) is 18.3 Å². The molecule has 1 aromatic rings. The van der Waals surface area contributed by atoms with Crippen LogP contribution in [0.1, 0.15) is 12.0 Å². The van der Waals surface area contributed by atoms with Gasteiger partial charge in [0.2, 0.25) is 0 Å². The first-order chi connectivity index (χ1) is 6.92. The quantitative estimate of drug-likeness (QED) is 0.529. The van der Waals surface area contributed by atoms with E-state index in [1.54, 1.807) is 0 Å². The Morgan fingerprint density at radius 3 is 2.07 bits per heavy atom. The van der Waals surface area contributed by atoms with E-state index in [9.17, 15) is 17.6 Å². The number of halogens is 4. The normalized spacial score (nSPS) is 12.5. The van der Waals surface area contributed by atoms with Gasteiger partial charge in [0, 0.05) is 12.0 Å². The number of alkyl halides is 4. The van der Waals surface area contributed by atoms with Crippen LogP contribution in [-0.4, -0.2) is 5.92 Å². The highest BCUT2D eigenvalue weighted by atomic mass is 19.3. The van der Waals surface area contributed by atoms with E-state index in [0.29, 0.717) is 0 Å². The van der Waals surface area contributed by atoms with Crippen molar-refractivity contribution in [2.24, 2.45) is 0 Å². The SMILES string of the molecule is C=CCC(F)(F)C(F)(F)c1ccccc1. The van der Waals surface area contributed by atoms with Gasteiger partial charge in [-0.1, -0.05) is 36.4 Å². The van der Waals surface area contributed by atoms with E-state index in [4.69, 9.17) is 0 Å². The number of benzene rings is 1. The zero-order valence-corrected chi connectivity index (χ0v) is 7.89. The lowest BCUT2D eigenvalue weighted by Gasteiger charge is -2.25. The lowest BCUT2D eigenvalue weighted by Crippen LogP contribution is -2.37. The molecule has 0 atom stereocenters. The molecule has 0 aromatic heterocycles. The molecule has 0 nitrogen and oxygen atoms in total. The molecule has 0 saturated carbocycles. The Morgan fingerprint density at radius 2 is 1.60 bits per heavy atom. The van der Waals surface area contributed by atoms with Gasteiger partial charge in [0.1, 0.15) is 0 Å². The predicted octanol–water partition coefficient (Wildman–Crippen LogP) is 3.99. The van der Waals surface area contributed by atoms with Crippen molar-refractivity contribution in [1.29, 1.82) is 0 Å². The van der Waals surface area contributed by atoms with Crippen LogP contribution in [0, 0.1) is 0 Å². The first kappa shape index (κ1) is 11.8. The second-order valence-corrected chi connectivity index (χ2v) is 3.14. The first-order valence-electron chi connectivity index (χ1n) is 4.34. The molecule has 0 aliphatic rings. The predicted molar refractivity (Wildman–Crippen MR) is 50.1 cm³/mol. The van der Waals surface area contributed by atoms with Gasteiger partial charge in [0.05, 0.1) is 0 Å². The van der Waals surface area contributed by atoms with Crippen LogP contribution >= 0.6 is 0 Å². The van der Waals surface area contributed by atoms with Crippen molar-refractivity contribution in [2.75, 3.05) is 0 Å². The summed E-state index contributed by atoms with van der Waals surface area (Å²) in [6, 6.07) is 6.06. The minimum absolute atomic E-state index is 0.683. The van der Waals surface area contributed by atoms with E-state index >= 15 is 0 Å². The fourth-order valence-corrected chi connectivity index (χ4v) is 1.17. The maximum atomic E-state index is 13.3. The number of rotatable bonds is 4. The highest BCUT2D eigenvalue weighted by Gasteiger charge is 2.56. The third kappa shape index (κ3) is 2.19. The lowest BCUT2D eigenvalue weighted by molar-refractivity contribution is -0.213. The first-order valence-corrected chi connectivity index (χ1v) is 4.34. The second kappa shape index (κ2) is 4.04. The van der Waals surface area contributed by atoms with Crippen LogP contribution in [0.15, 0.2) is 43.0 Å². The molecule has 0 radical (unpaired) electrons. The molecule has 4 heteroatoms. The molecule has 0 fully saturated rings. The average Bonchev–Trinajstić information content (AvgIpc) is 2.19. The van der Waals surface area contributed by atoms with Gasteiger partial charge >= 0.3 is 11.8 Å². The van der Waals surface area contributed by atoms with Crippen LogP contribution in [0.25, 0.3) is 0 Å². The molecule has 0 N–H and O–H groups in total. The summed E-state index contributed by atoms with van der Waals surface area (Å²) in [6.07, 6.45) is -0.258. The minimum atomic E-state index is -4.16. The molecule has 0 bridgehead atoms. The Balaban J connectivity index is 3.06. The molecular weight excluding hydrogens is 208 g/mol. The van der Waals surface area contributed by atoms with E-state index in [1.165, 1.54) is 18.2 Å². The molecule has 1 rings (SSSR count). The van der Waals surface area contributed by atoms with E-state index < -0.39 is 23.8 Å². The fourth-order valence-electron chi connectivity index (χ4n) is 1.17. The number of hydrogen-bond donors (Lipinski definition) is 0. The van der Waals surface area contributed by atoms with Gasteiger partial charge in [-0.15, -0.1) is 6.58 Å². The monoisotopic (exact) mass is 218 g/mol. The summed E-state index contributed by atoms with van der Waals surface area (Å²) in [4.78, 5) is 0. The second-order valence-electron chi connectivity index (χ2n) is 3.14. The van der Waals surface area contributed by atoms with Gasteiger partial charge in [0.25, 0.3) is 0 Å². The van der Waals surface area contributed by atoms with Crippen LogP contribution in [0.4, 0.5) is 17.6 Å². The topological polar surface area (TPSA) is 0 Å². The molecule has 0 amide bonds. The molecule has 82 valence electrons. The smallest absolute Gasteiger partial charge is 0.199 e. The maximum absolute atomic E-state index is 13.3. The van der Waals surface area contributed by atoms with E-state index in [0.717, 1.165) is 18.2 Å². The third-order valence-electron chi connectivity index (χ3n) is 2.00. The van der Waals surface area contributed by atoms with Crippen molar-refractivity contribution in [1.82, 2.24) is 0 Å². The Hall–Kier alpha value is -1.32. The molecular formula is C11H10F4. The van der Waals surface area contributed by atoms with Crippen molar-refractivity contribution in [3.05, 3.63) is 48.6 Å². The lowest BCUT2D eigenvalue weighted by atomic mass is 10.00. The highest BCUT2D eigenvalue weighted by Crippen LogP contribution is 2.44. The number of allylic oxidation sites excluding steroid dienone is 1. The molecule has 1 aromatic carbocycles. The molecule has 0 saturated heterocycles. The van der Waals surface area contributed by atoms with Crippen LogP contribution in [0.3, 0.4) is 0 Å². The van der Waals surface area contributed by atoms with Crippen LogP contribution < -0.4 is 0 Å². The van der Waals surface area contributed by atoms with Crippen molar-refractivity contribution >= 4 is 0 Å². The largest absolute Gasteiger partial charge is 0.335 e. The maximum Gasteiger partial charge on any atom is 0.335 e. The van der Waals surface area contributed by atoms with Crippen molar-refractivity contribution in [3.8, 4) is 0 Å². The molecule has 15 heavy (non-hydrogen) atoms. The Morgan fingerprint density at radius 1 is 1.07 bits per heavy atom. The van der Waals surface area contributed by atoms with Gasteiger partial charge in [0.15, 0.2) is 0 Å². The summed E-state index contributed by atoms with van der Waals surface area (Å²) < 4.78 is 52.8. The van der Waals surface area contributed by atoms with Gasteiger partial charge in [-0.05, 0) is 0 Å². The molecule has 0 aliphatic heterocycles. The van der Waals surface area contributed by atoms with Gasteiger partial charge in [-0.25, -0.2) is 0 Å². The van der Waals surface area contributed by atoms with Gasteiger partial charge < -0.3 is 0 Å². The standard InChI is InChI=1S/C11H10F4/c1-2-8-10(12,13)11(14,15)9-6-4-3-5-7-9/h2-7H,1,8H2. The summed E-state index contributed by atoms with van der Waals surface area (Å²) in [5.74, 6) is -8.27. The zero-order chi connectivity index (χ0) is 11.5. The Labute approximate surface area is 85.2 Å². The van der Waals surface area contributed by atoms with Gasteiger partial charge in [-0.3, -0.25) is 0 Å². The van der Waals surface area contributed by atoms with Crippen LogP contribution in [0.2, 0.25) is 0 Å². The zero-order valence-electron chi connectivity index (χ0n) is 7.89.